The van der Waals surface area contributed by atoms with E-state index in [9.17, 15) is 15.0 Å². The van der Waals surface area contributed by atoms with Gasteiger partial charge in [-0.15, -0.1) is 0 Å². The summed E-state index contributed by atoms with van der Waals surface area (Å²) in [7, 11) is 0. The molecular weight excluding hydrogens is 308 g/mol. The Hall–Kier alpha value is -1.63. The number of ether oxygens (including phenoxy) is 1. The molecule has 0 radical (unpaired) electrons. The van der Waals surface area contributed by atoms with Crippen LogP contribution < -0.4 is 10.6 Å². The highest BCUT2D eigenvalue weighted by molar-refractivity contribution is 5.78. The van der Waals surface area contributed by atoms with E-state index in [4.69, 9.17) is 4.74 Å². The van der Waals surface area contributed by atoms with Crippen molar-refractivity contribution < 1.29 is 19.7 Å². The van der Waals surface area contributed by atoms with Crippen LogP contribution in [0.25, 0.3) is 0 Å². The number of carbonyl (C=O) groups is 1. The Morgan fingerprint density at radius 1 is 1.25 bits per heavy atom. The molecule has 1 aromatic rings. The maximum Gasteiger partial charge on any atom is 0.223 e. The van der Waals surface area contributed by atoms with Crippen molar-refractivity contribution in [3.05, 3.63) is 29.8 Å². The molecule has 3 atom stereocenters. The highest BCUT2D eigenvalue weighted by Crippen LogP contribution is 2.25. The molecule has 0 bridgehead atoms. The monoisotopic (exact) mass is 334 g/mol. The Morgan fingerprint density at radius 2 is 2.00 bits per heavy atom. The minimum Gasteiger partial charge on any atom is -0.508 e. The van der Waals surface area contributed by atoms with Crippen molar-refractivity contribution in [1.82, 2.24) is 10.6 Å². The summed E-state index contributed by atoms with van der Waals surface area (Å²) in [5, 5.41) is 26.3. The van der Waals surface area contributed by atoms with Crippen molar-refractivity contribution in [2.24, 2.45) is 5.92 Å². The first-order valence-electron chi connectivity index (χ1n) is 8.73. The van der Waals surface area contributed by atoms with Gasteiger partial charge in [-0.1, -0.05) is 31.0 Å². The van der Waals surface area contributed by atoms with E-state index in [0.29, 0.717) is 19.7 Å². The van der Waals surface area contributed by atoms with E-state index < -0.39 is 12.2 Å². The van der Waals surface area contributed by atoms with Gasteiger partial charge in [0.15, 0.2) is 0 Å². The average Bonchev–Trinajstić information content (AvgIpc) is 3.23. The highest BCUT2D eigenvalue weighted by Gasteiger charge is 2.36. The highest BCUT2D eigenvalue weighted by atomic mass is 16.5. The number of phenols is 1. The van der Waals surface area contributed by atoms with Crippen LogP contribution in [-0.4, -0.2) is 47.5 Å². The number of para-hydroxylation sites is 1. The zero-order valence-corrected chi connectivity index (χ0v) is 13.8. The molecule has 2 aliphatic rings. The molecule has 0 aromatic heterocycles. The fraction of sp³-hybridized carbons (Fsp3) is 0.611. The zero-order chi connectivity index (χ0) is 16.9. The molecule has 2 fully saturated rings. The standard InChI is InChI=1S/C18H26N2O4/c21-15-8-4-3-7-13(15)9-19-14-11-24-16(17(14)22)10-20-18(23)12-5-1-2-6-12/h3-4,7-8,12,14,16-17,19,21-22H,1-2,5-6,9-11H2,(H,20,23). The van der Waals surface area contributed by atoms with Crippen molar-refractivity contribution in [2.75, 3.05) is 13.2 Å². The lowest BCUT2D eigenvalue weighted by Gasteiger charge is -2.20. The summed E-state index contributed by atoms with van der Waals surface area (Å²) < 4.78 is 5.62. The van der Waals surface area contributed by atoms with Crippen LogP contribution >= 0.6 is 0 Å². The van der Waals surface area contributed by atoms with Crippen molar-refractivity contribution in [3.63, 3.8) is 0 Å². The predicted octanol–water partition coefficient (Wildman–Crippen LogP) is 0.916. The third-order valence-corrected chi connectivity index (χ3v) is 5.03. The molecule has 1 saturated heterocycles. The zero-order valence-electron chi connectivity index (χ0n) is 13.8. The van der Waals surface area contributed by atoms with E-state index in [0.717, 1.165) is 31.2 Å². The number of nitrogens with one attached hydrogen (secondary N) is 2. The Labute approximate surface area is 142 Å². The second-order valence-corrected chi connectivity index (χ2v) is 6.71. The quantitative estimate of drug-likeness (QED) is 0.621. The number of hydrogen-bond acceptors (Lipinski definition) is 5. The molecule has 1 aromatic carbocycles. The van der Waals surface area contributed by atoms with Gasteiger partial charge in [0, 0.05) is 24.6 Å². The van der Waals surface area contributed by atoms with Gasteiger partial charge in [-0.25, -0.2) is 0 Å². The minimum absolute atomic E-state index is 0.0777. The summed E-state index contributed by atoms with van der Waals surface area (Å²) in [6.45, 7) is 1.18. The van der Waals surface area contributed by atoms with Crippen LogP contribution in [0.15, 0.2) is 24.3 Å². The van der Waals surface area contributed by atoms with Gasteiger partial charge in [0.05, 0.1) is 18.8 Å². The van der Waals surface area contributed by atoms with Gasteiger partial charge in [0.1, 0.15) is 11.9 Å². The molecule has 1 amide bonds. The lowest BCUT2D eigenvalue weighted by Crippen LogP contribution is -2.45. The minimum atomic E-state index is -0.681. The van der Waals surface area contributed by atoms with E-state index in [2.05, 4.69) is 10.6 Å². The summed E-state index contributed by atoms with van der Waals surface area (Å²) >= 11 is 0. The SMILES string of the molecule is O=C(NCC1OCC(NCc2ccccc2O)C1O)C1CCCC1. The van der Waals surface area contributed by atoms with Gasteiger partial charge in [-0.2, -0.15) is 0 Å². The number of benzene rings is 1. The first-order chi connectivity index (χ1) is 11.6. The molecule has 6 nitrogen and oxygen atoms in total. The molecule has 1 aliphatic heterocycles. The lowest BCUT2D eigenvalue weighted by molar-refractivity contribution is -0.125. The Kier molecular flexibility index (Phi) is 5.71. The van der Waals surface area contributed by atoms with Crippen molar-refractivity contribution in [1.29, 1.82) is 0 Å². The second kappa shape index (κ2) is 7.96. The van der Waals surface area contributed by atoms with E-state index >= 15 is 0 Å². The second-order valence-electron chi connectivity index (χ2n) is 6.71. The summed E-state index contributed by atoms with van der Waals surface area (Å²) in [5.41, 5.74) is 0.780. The van der Waals surface area contributed by atoms with Crippen molar-refractivity contribution in [3.8, 4) is 5.75 Å². The van der Waals surface area contributed by atoms with Crippen molar-refractivity contribution in [2.45, 2.75) is 50.5 Å². The maximum atomic E-state index is 12.0. The van der Waals surface area contributed by atoms with Crippen LogP contribution in [0.1, 0.15) is 31.2 Å². The van der Waals surface area contributed by atoms with Crippen molar-refractivity contribution >= 4 is 5.91 Å². The van der Waals surface area contributed by atoms with E-state index in [1.54, 1.807) is 12.1 Å². The number of aliphatic hydroxyl groups is 1. The molecule has 1 heterocycles. The molecule has 0 spiro atoms. The number of aromatic hydroxyl groups is 1. The molecule has 24 heavy (non-hydrogen) atoms. The van der Waals surface area contributed by atoms with Gasteiger partial charge in [0.25, 0.3) is 0 Å². The number of hydrogen-bond donors (Lipinski definition) is 4. The third-order valence-electron chi connectivity index (χ3n) is 5.03. The summed E-state index contributed by atoms with van der Waals surface area (Å²) in [4.78, 5) is 12.0. The summed E-state index contributed by atoms with van der Waals surface area (Å²) in [6, 6.07) is 6.90. The fourth-order valence-electron chi connectivity index (χ4n) is 3.48. The van der Waals surface area contributed by atoms with Gasteiger partial charge in [-0.3, -0.25) is 4.79 Å². The molecule has 4 N–H and O–H groups in total. The van der Waals surface area contributed by atoms with Gasteiger partial charge < -0.3 is 25.6 Å². The van der Waals surface area contributed by atoms with Gasteiger partial charge >= 0.3 is 0 Å². The molecule has 1 saturated carbocycles. The van der Waals surface area contributed by atoms with E-state index in [-0.39, 0.29) is 23.6 Å². The largest absolute Gasteiger partial charge is 0.508 e. The number of aliphatic hydroxyl groups excluding tert-OH is 1. The van der Waals surface area contributed by atoms with Crippen LogP contribution in [0.3, 0.4) is 0 Å². The smallest absolute Gasteiger partial charge is 0.223 e. The molecule has 1 aliphatic carbocycles. The van der Waals surface area contributed by atoms with E-state index in [1.807, 2.05) is 12.1 Å². The van der Waals surface area contributed by atoms with Gasteiger partial charge in [0.2, 0.25) is 5.91 Å². The Bertz CT molecular complexity index is 560. The predicted molar refractivity (Wildman–Crippen MR) is 89.4 cm³/mol. The first-order valence-corrected chi connectivity index (χ1v) is 8.73. The average molecular weight is 334 g/mol. The third kappa shape index (κ3) is 4.06. The van der Waals surface area contributed by atoms with Crippen LogP contribution in [0.5, 0.6) is 5.75 Å². The van der Waals surface area contributed by atoms with Crippen LogP contribution in [0.4, 0.5) is 0 Å². The fourth-order valence-corrected chi connectivity index (χ4v) is 3.48. The summed E-state index contributed by atoms with van der Waals surface area (Å²) in [5.74, 6) is 0.436. The van der Waals surface area contributed by atoms with Crippen LogP contribution in [-0.2, 0) is 16.1 Å². The molecule has 3 rings (SSSR count). The normalized spacial score (nSPS) is 27.5. The Morgan fingerprint density at radius 3 is 2.75 bits per heavy atom. The number of phenolic OH excluding ortho intramolecular Hbond substituents is 1. The molecule has 3 unspecified atom stereocenters. The first kappa shape index (κ1) is 17.2. The van der Waals surface area contributed by atoms with Crippen LogP contribution in [0.2, 0.25) is 0 Å². The molecule has 132 valence electrons. The Balaban J connectivity index is 1.43. The number of amides is 1. The summed E-state index contributed by atoms with van der Waals surface area (Å²) in [6.07, 6.45) is 3.10. The topological polar surface area (TPSA) is 90.8 Å². The number of carbonyl (C=O) groups excluding carboxylic acids is 1. The maximum absolute atomic E-state index is 12.0. The lowest BCUT2D eigenvalue weighted by atomic mass is 10.1. The molecule has 6 heteroatoms. The number of rotatable bonds is 6. The van der Waals surface area contributed by atoms with E-state index in [1.165, 1.54) is 0 Å². The van der Waals surface area contributed by atoms with Crippen LogP contribution in [0, 0.1) is 5.92 Å². The molecular formula is C18H26N2O4. The van der Waals surface area contributed by atoms with Gasteiger partial charge in [-0.05, 0) is 18.9 Å².